The number of aryl methyl sites for hydroxylation is 1. The molecular formula is C15H22O2. The van der Waals surface area contributed by atoms with Crippen molar-refractivity contribution in [1.82, 2.24) is 0 Å². The Labute approximate surface area is 104 Å². The number of hydrogen-bond acceptors (Lipinski definition) is 2. The molecule has 0 unspecified atom stereocenters. The van der Waals surface area contributed by atoms with Crippen LogP contribution in [-0.2, 0) is 4.79 Å². The van der Waals surface area contributed by atoms with E-state index >= 15 is 0 Å². The molecular weight excluding hydrogens is 212 g/mol. The Morgan fingerprint density at radius 1 is 1.35 bits per heavy atom. The van der Waals surface area contributed by atoms with Gasteiger partial charge in [0.15, 0.2) is 0 Å². The van der Waals surface area contributed by atoms with Gasteiger partial charge in [-0.2, -0.15) is 0 Å². The van der Waals surface area contributed by atoms with Crippen LogP contribution in [0, 0.1) is 6.92 Å². The van der Waals surface area contributed by atoms with E-state index in [1.807, 2.05) is 19.1 Å². The fraction of sp³-hybridized carbons (Fsp3) is 0.533. The molecule has 0 N–H and O–H groups in total. The van der Waals surface area contributed by atoms with E-state index in [1.54, 1.807) is 0 Å². The molecule has 17 heavy (non-hydrogen) atoms. The van der Waals surface area contributed by atoms with Crippen LogP contribution in [0.1, 0.15) is 57.1 Å². The Balaban J connectivity index is 2.75. The highest BCUT2D eigenvalue weighted by atomic mass is 16.5. The molecule has 1 rings (SSSR count). The zero-order chi connectivity index (χ0) is 12.8. The van der Waals surface area contributed by atoms with E-state index in [-0.39, 0.29) is 5.97 Å². The van der Waals surface area contributed by atoms with Gasteiger partial charge in [-0.3, -0.25) is 4.79 Å². The largest absolute Gasteiger partial charge is 0.426 e. The average molecular weight is 234 g/mol. The van der Waals surface area contributed by atoms with Crippen LogP contribution in [0.3, 0.4) is 0 Å². The number of carbonyl (C=O) groups excluding carboxylic acids is 1. The average Bonchev–Trinajstić information content (AvgIpc) is 2.29. The number of hydrogen-bond donors (Lipinski definition) is 0. The summed E-state index contributed by atoms with van der Waals surface area (Å²) in [4.78, 5) is 11.6. The van der Waals surface area contributed by atoms with Gasteiger partial charge < -0.3 is 4.74 Å². The molecule has 0 aliphatic carbocycles. The molecule has 1 aromatic rings. The first-order valence-corrected chi connectivity index (χ1v) is 6.35. The normalized spacial score (nSPS) is 10.6. The van der Waals surface area contributed by atoms with Gasteiger partial charge in [0, 0.05) is 6.42 Å². The molecule has 1 aromatic carbocycles. The fourth-order valence-corrected chi connectivity index (χ4v) is 1.58. The van der Waals surface area contributed by atoms with Crippen LogP contribution >= 0.6 is 0 Å². The van der Waals surface area contributed by atoms with Gasteiger partial charge in [0.25, 0.3) is 0 Å². The Kier molecular flexibility index (Phi) is 5.20. The zero-order valence-corrected chi connectivity index (χ0v) is 11.2. The van der Waals surface area contributed by atoms with Crippen molar-refractivity contribution in [3.05, 3.63) is 29.3 Å². The van der Waals surface area contributed by atoms with Crippen molar-refractivity contribution in [2.45, 2.75) is 52.9 Å². The zero-order valence-electron chi connectivity index (χ0n) is 11.2. The minimum absolute atomic E-state index is 0.129. The summed E-state index contributed by atoms with van der Waals surface area (Å²) < 4.78 is 5.40. The minimum Gasteiger partial charge on any atom is -0.426 e. The Hall–Kier alpha value is -1.31. The quantitative estimate of drug-likeness (QED) is 0.563. The highest BCUT2D eigenvalue weighted by Crippen LogP contribution is 2.24. The van der Waals surface area contributed by atoms with Gasteiger partial charge in [-0.05, 0) is 36.5 Å². The molecule has 0 fully saturated rings. The number of rotatable bonds is 5. The minimum atomic E-state index is -0.129. The van der Waals surface area contributed by atoms with E-state index in [2.05, 4.69) is 26.8 Å². The first-order valence-electron chi connectivity index (χ1n) is 6.35. The highest BCUT2D eigenvalue weighted by molar-refractivity contribution is 5.72. The lowest BCUT2D eigenvalue weighted by molar-refractivity contribution is -0.134. The summed E-state index contributed by atoms with van der Waals surface area (Å²) in [5.41, 5.74) is 2.22. The van der Waals surface area contributed by atoms with Crippen molar-refractivity contribution < 1.29 is 9.53 Å². The molecule has 0 spiro atoms. The summed E-state index contributed by atoms with van der Waals surface area (Å²) in [5.74, 6) is 1.02. The predicted octanol–water partition coefficient (Wildman–Crippen LogP) is 4.21. The van der Waals surface area contributed by atoms with E-state index in [0.717, 1.165) is 18.4 Å². The highest BCUT2D eigenvalue weighted by Gasteiger charge is 2.09. The van der Waals surface area contributed by atoms with Crippen LogP contribution < -0.4 is 4.74 Å². The van der Waals surface area contributed by atoms with Gasteiger partial charge in [0.05, 0.1) is 0 Å². The number of carbonyl (C=O) groups is 1. The fourth-order valence-electron chi connectivity index (χ4n) is 1.58. The standard InChI is InChI=1S/C15H22O2/c1-5-6-7-15(16)17-14-10-13(11(2)3)9-8-12(14)4/h8-11H,5-7H2,1-4H3. The monoisotopic (exact) mass is 234 g/mol. The van der Waals surface area contributed by atoms with Gasteiger partial charge in [-0.15, -0.1) is 0 Å². The Morgan fingerprint density at radius 2 is 2.06 bits per heavy atom. The summed E-state index contributed by atoms with van der Waals surface area (Å²) in [6.45, 7) is 8.30. The SMILES string of the molecule is CCCCC(=O)Oc1cc(C(C)C)ccc1C. The summed E-state index contributed by atoms with van der Waals surface area (Å²) in [5, 5.41) is 0. The van der Waals surface area contributed by atoms with E-state index in [1.165, 1.54) is 5.56 Å². The first-order chi connectivity index (χ1) is 8.04. The summed E-state index contributed by atoms with van der Waals surface area (Å²) in [6.07, 6.45) is 2.41. The maximum atomic E-state index is 11.6. The van der Waals surface area contributed by atoms with Gasteiger partial charge in [0.1, 0.15) is 5.75 Å². The van der Waals surface area contributed by atoms with Crippen LogP contribution in [0.4, 0.5) is 0 Å². The molecule has 0 atom stereocenters. The summed E-state index contributed by atoms with van der Waals surface area (Å²) >= 11 is 0. The second-order valence-electron chi connectivity index (χ2n) is 4.76. The maximum Gasteiger partial charge on any atom is 0.311 e. The second kappa shape index (κ2) is 6.43. The van der Waals surface area contributed by atoms with Gasteiger partial charge in [-0.1, -0.05) is 39.3 Å². The van der Waals surface area contributed by atoms with Crippen LogP contribution in [0.15, 0.2) is 18.2 Å². The van der Waals surface area contributed by atoms with Crippen LogP contribution in [-0.4, -0.2) is 5.97 Å². The molecule has 0 bridgehead atoms. The number of unbranched alkanes of at least 4 members (excludes halogenated alkanes) is 1. The van der Waals surface area contributed by atoms with Gasteiger partial charge in [-0.25, -0.2) is 0 Å². The third-order valence-electron chi connectivity index (χ3n) is 2.84. The summed E-state index contributed by atoms with van der Waals surface area (Å²) in [7, 11) is 0. The molecule has 0 aliphatic rings. The van der Waals surface area contributed by atoms with E-state index < -0.39 is 0 Å². The Morgan fingerprint density at radius 3 is 2.65 bits per heavy atom. The molecule has 94 valence electrons. The first kappa shape index (κ1) is 13.8. The van der Waals surface area contributed by atoms with E-state index in [0.29, 0.717) is 18.1 Å². The van der Waals surface area contributed by atoms with Crippen LogP contribution in [0.25, 0.3) is 0 Å². The van der Waals surface area contributed by atoms with Gasteiger partial charge in [0.2, 0.25) is 0 Å². The molecule has 0 aliphatic heterocycles. The van der Waals surface area contributed by atoms with Crippen molar-refractivity contribution in [1.29, 1.82) is 0 Å². The van der Waals surface area contributed by atoms with Crippen molar-refractivity contribution in [3.63, 3.8) is 0 Å². The van der Waals surface area contributed by atoms with Crippen molar-refractivity contribution >= 4 is 5.97 Å². The molecule has 2 nitrogen and oxygen atoms in total. The van der Waals surface area contributed by atoms with Crippen molar-refractivity contribution in [2.75, 3.05) is 0 Å². The molecule has 0 radical (unpaired) electrons. The van der Waals surface area contributed by atoms with E-state index in [9.17, 15) is 4.79 Å². The number of esters is 1. The van der Waals surface area contributed by atoms with E-state index in [4.69, 9.17) is 4.74 Å². The predicted molar refractivity (Wildman–Crippen MR) is 70.4 cm³/mol. The third kappa shape index (κ3) is 4.22. The lowest BCUT2D eigenvalue weighted by atomic mass is 10.0. The lowest BCUT2D eigenvalue weighted by Crippen LogP contribution is -2.08. The lowest BCUT2D eigenvalue weighted by Gasteiger charge is -2.11. The smallest absolute Gasteiger partial charge is 0.311 e. The maximum absolute atomic E-state index is 11.6. The number of ether oxygens (including phenoxy) is 1. The Bertz CT molecular complexity index is 381. The van der Waals surface area contributed by atoms with Gasteiger partial charge >= 0.3 is 5.97 Å². The molecule has 0 saturated carbocycles. The van der Waals surface area contributed by atoms with Crippen LogP contribution in [0.2, 0.25) is 0 Å². The molecule has 2 heteroatoms. The topological polar surface area (TPSA) is 26.3 Å². The molecule has 0 amide bonds. The van der Waals surface area contributed by atoms with Crippen molar-refractivity contribution in [2.24, 2.45) is 0 Å². The second-order valence-corrected chi connectivity index (χ2v) is 4.76. The van der Waals surface area contributed by atoms with Crippen molar-refractivity contribution in [3.8, 4) is 5.75 Å². The number of benzene rings is 1. The molecule has 0 heterocycles. The third-order valence-corrected chi connectivity index (χ3v) is 2.84. The molecule has 0 saturated heterocycles. The summed E-state index contributed by atoms with van der Waals surface area (Å²) in [6, 6.07) is 6.07. The molecule has 0 aromatic heterocycles. The van der Waals surface area contributed by atoms with Crippen LogP contribution in [0.5, 0.6) is 5.75 Å².